The third-order valence-electron chi connectivity index (χ3n) is 5.14. The summed E-state index contributed by atoms with van der Waals surface area (Å²) in [6, 6.07) is 17.2. The number of carbonyl (C=O) groups is 2. The van der Waals surface area contributed by atoms with Crippen LogP contribution in [0, 0.1) is 11.8 Å². The molecule has 0 saturated carbocycles. The zero-order valence-corrected chi connectivity index (χ0v) is 18.8. The van der Waals surface area contributed by atoms with Crippen molar-refractivity contribution in [2.75, 3.05) is 13.2 Å². The summed E-state index contributed by atoms with van der Waals surface area (Å²) >= 11 is 0. The Morgan fingerprint density at radius 3 is 1.91 bits per heavy atom. The SMILES string of the molecule is CCOC(=O)C1=C(C)NC(C)=C(C(=O)OCC)C1c1ccccc1C#Cc1ccccc1. The Kier molecular flexibility index (Phi) is 7.51. The standard InChI is InChI=1S/C27H27NO4/c1-5-31-26(29)23-18(3)28-19(4)24(27(30)32-6-2)25(23)22-15-11-10-14-21(22)17-16-20-12-8-7-9-13-20/h7-15,25,28H,5-6H2,1-4H3. The second-order valence-electron chi connectivity index (χ2n) is 7.28. The molecule has 1 heterocycles. The summed E-state index contributed by atoms with van der Waals surface area (Å²) in [7, 11) is 0. The van der Waals surface area contributed by atoms with Gasteiger partial charge in [-0.05, 0) is 51.5 Å². The van der Waals surface area contributed by atoms with Crippen molar-refractivity contribution in [3.8, 4) is 11.8 Å². The highest BCUT2D eigenvalue weighted by Crippen LogP contribution is 2.40. The van der Waals surface area contributed by atoms with Crippen LogP contribution in [0.25, 0.3) is 0 Å². The van der Waals surface area contributed by atoms with Crippen LogP contribution in [-0.4, -0.2) is 25.2 Å². The number of allylic oxidation sites excluding steroid dienone is 2. The van der Waals surface area contributed by atoms with E-state index in [2.05, 4.69) is 17.2 Å². The van der Waals surface area contributed by atoms with Gasteiger partial charge in [-0.1, -0.05) is 48.2 Å². The summed E-state index contributed by atoms with van der Waals surface area (Å²) in [5.41, 5.74) is 4.41. The maximum atomic E-state index is 13.0. The highest BCUT2D eigenvalue weighted by Gasteiger charge is 2.38. The van der Waals surface area contributed by atoms with Crippen LogP contribution >= 0.6 is 0 Å². The van der Waals surface area contributed by atoms with E-state index >= 15 is 0 Å². The predicted molar refractivity (Wildman–Crippen MR) is 123 cm³/mol. The molecule has 2 aromatic carbocycles. The molecule has 164 valence electrons. The van der Waals surface area contributed by atoms with Crippen molar-refractivity contribution in [3.63, 3.8) is 0 Å². The largest absolute Gasteiger partial charge is 0.463 e. The second kappa shape index (κ2) is 10.5. The summed E-state index contributed by atoms with van der Waals surface area (Å²) in [5.74, 6) is 4.79. The van der Waals surface area contributed by atoms with Gasteiger partial charge in [0, 0.05) is 22.5 Å². The van der Waals surface area contributed by atoms with Crippen LogP contribution in [0.1, 0.15) is 50.3 Å². The summed E-state index contributed by atoms with van der Waals surface area (Å²) in [6.45, 7) is 7.59. The number of esters is 2. The van der Waals surface area contributed by atoms with Gasteiger partial charge < -0.3 is 14.8 Å². The first-order valence-corrected chi connectivity index (χ1v) is 10.7. The van der Waals surface area contributed by atoms with E-state index in [0.29, 0.717) is 22.5 Å². The van der Waals surface area contributed by atoms with Crippen LogP contribution in [0.2, 0.25) is 0 Å². The zero-order chi connectivity index (χ0) is 23.1. The molecule has 1 aliphatic heterocycles. The monoisotopic (exact) mass is 429 g/mol. The molecule has 0 fully saturated rings. The van der Waals surface area contributed by atoms with Crippen LogP contribution in [0.15, 0.2) is 77.1 Å². The molecule has 2 aromatic rings. The fourth-order valence-electron chi connectivity index (χ4n) is 3.79. The minimum Gasteiger partial charge on any atom is -0.463 e. The molecule has 32 heavy (non-hydrogen) atoms. The van der Waals surface area contributed by atoms with Crippen molar-refractivity contribution in [1.82, 2.24) is 5.32 Å². The minimum absolute atomic E-state index is 0.231. The topological polar surface area (TPSA) is 64.6 Å². The molecule has 0 aromatic heterocycles. The number of hydrogen-bond donors (Lipinski definition) is 1. The highest BCUT2D eigenvalue weighted by atomic mass is 16.5. The van der Waals surface area contributed by atoms with Crippen LogP contribution in [0.3, 0.4) is 0 Å². The number of nitrogens with one attached hydrogen (secondary N) is 1. The molecule has 0 unspecified atom stereocenters. The number of ether oxygens (including phenoxy) is 2. The van der Waals surface area contributed by atoms with Gasteiger partial charge in [0.1, 0.15) is 0 Å². The van der Waals surface area contributed by atoms with Gasteiger partial charge in [0.15, 0.2) is 0 Å². The lowest BCUT2D eigenvalue weighted by Crippen LogP contribution is -2.32. The van der Waals surface area contributed by atoms with Crippen molar-refractivity contribution in [2.24, 2.45) is 0 Å². The molecule has 0 spiro atoms. The van der Waals surface area contributed by atoms with Crippen LogP contribution in [0.5, 0.6) is 0 Å². The van der Waals surface area contributed by atoms with E-state index in [1.165, 1.54) is 0 Å². The van der Waals surface area contributed by atoms with E-state index < -0.39 is 17.9 Å². The van der Waals surface area contributed by atoms with Crippen LogP contribution < -0.4 is 5.32 Å². The van der Waals surface area contributed by atoms with Gasteiger partial charge in [-0.25, -0.2) is 9.59 Å². The van der Waals surface area contributed by atoms with Gasteiger partial charge in [0.05, 0.1) is 30.3 Å². The first kappa shape index (κ1) is 22.9. The lowest BCUT2D eigenvalue weighted by molar-refractivity contribution is -0.139. The van der Waals surface area contributed by atoms with E-state index in [4.69, 9.17) is 9.47 Å². The van der Waals surface area contributed by atoms with E-state index in [1.54, 1.807) is 13.8 Å². The van der Waals surface area contributed by atoms with Gasteiger partial charge in [-0.2, -0.15) is 0 Å². The molecular weight excluding hydrogens is 402 g/mol. The molecule has 3 rings (SSSR count). The third-order valence-corrected chi connectivity index (χ3v) is 5.14. The number of hydrogen-bond acceptors (Lipinski definition) is 5. The number of benzene rings is 2. The summed E-state index contributed by atoms with van der Waals surface area (Å²) < 4.78 is 10.7. The van der Waals surface area contributed by atoms with E-state index in [-0.39, 0.29) is 13.2 Å². The second-order valence-corrected chi connectivity index (χ2v) is 7.28. The molecule has 1 N–H and O–H groups in total. The van der Waals surface area contributed by atoms with Crippen molar-refractivity contribution in [1.29, 1.82) is 0 Å². The summed E-state index contributed by atoms with van der Waals surface area (Å²) in [5, 5.41) is 3.16. The zero-order valence-electron chi connectivity index (χ0n) is 18.8. The Morgan fingerprint density at radius 2 is 1.34 bits per heavy atom. The normalized spacial score (nSPS) is 13.8. The van der Waals surface area contributed by atoms with Crippen molar-refractivity contribution < 1.29 is 19.1 Å². The summed E-state index contributed by atoms with van der Waals surface area (Å²) in [6.07, 6.45) is 0. The van der Waals surface area contributed by atoms with Gasteiger partial charge >= 0.3 is 11.9 Å². The minimum atomic E-state index is -0.657. The van der Waals surface area contributed by atoms with Gasteiger partial charge in [-0.3, -0.25) is 0 Å². The molecule has 0 aliphatic carbocycles. The lowest BCUT2D eigenvalue weighted by atomic mass is 9.78. The van der Waals surface area contributed by atoms with Crippen molar-refractivity contribution in [3.05, 3.63) is 93.8 Å². The van der Waals surface area contributed by atoms with Gasteiger partial charge in [0.25, 0.3) is 0 Å². The first-order valence-electron chi connectivity index (χ1n) is 10.7. The Morgan fingerprint density at radius 1 is 0.812 bits per heavy atom. The quantitative estimate of drug-likeness (QED) is 0.562. The van der Waals surface area contributed by atoms with E-state index in [0.717, 1.165) is 16.7 Å². The Balaban J connectivity index is 2.20. The van der Waals surface area contributed by atoms with Crippen LogP contribution in [0.4, 0.5) is 0 Å². The van der Waals surface area contributed by atoms with Gasteiger partial charge in [0.2, 0.25) is 0 Å². The number of rotatable bonds is 5. The molecule has 0 amide bonds. The smallest absolute Gasteiger partial charge is 0.336 e. The molecule has 5 heteroatoms. The van der Waals surface area contributed by atoms with Crippen LogP contribution in [-0.2, 0) is 19.1 Å². The molecule has 0 bridgehead atoms. The molecule has 0 radical (unpaired) electrons. The fourth-order valence-corrected chi connectivity index (χ4v) is 3.79. The fraction of sp³-hybridized carbons (Fsp3) is 0.259. The molecule has 0 atom stereocenters. The van der Waals surface area contributed by atoms with E-state index in [1.807, 2.05) is 68.4 Å². The van der Waals surface area contributed by atoms with Crippen molar-refractivity contribution in [2.45, 2.75) is 33.6 Å². The van der Waals surface area contributed by atoms with Gasteiger partial charge in [-0.15, -0.1) is 0 Å². The highest BCUT2D eigenvalue weighted by molar-refractivity contribution is 6.00. The maximum Gasteiger partial charge on any atom is 0.336 e. The Hall–Kier alpha value is -3.78. The summed E-state index contributed by atoms with van der Waals surface area (Å²) in [4.78, 5) is 26.0. The first-order chi connectivity index (χ1) is 15.5. The average molecular weight is 430 g/mol. The Bertz CT molecular complexity index is 1090. The average Bonchev–Trinajstić information content (AvgIpc) is 2.78. The maximum absolute atomic E-state index is 13.0. The lowest BCUT2D eigenvalue weighted by Gasteiger charge is -2.31. The predicted octanol–water partition coefficient (Wildman–Crippen LogP) is 4.45. The molecule has 0 saturated heterocycles. The van der Waals surface area contributed by atoms with Crippen molar-refractivity contribution >= 4 is 11.9 Å². The molecular formula is C27H27NO4. The number of carbonyl (C=O) groups excluding carboxylic acids is 2. The molecule has 5 nitrogen and oxygen atoms in total. The van der Waals surface area contributed by atoms with E-state index in [9.17, 15) is 9.59 Å². The molecule has 1 aliphatic rings. The Labute approximate surface area is 189 Å². The number of dihydropyridines is 1. The third kappa shape index (κ3) is 4.92.